The van der Waals surface area contributed by atoms with E-state index in [4.69, 9.17) is 14.7 Å². The van der Waals surface area contributed by atoms with Gasteiger partial charge < -0.3 is 15.0 Å². The fourth-order valence-corrected chi connectivity index (χ4v) is 4.84. The Morgan fingerprint density at radius 3 is 2.51 bits per heavy atom. The highest BCUT2D eigenvalue weighted by Gasteiger charge is 2.20. The Labute approximate surface area is 211 Å². The van der Waals surface area contributed by atoms with E-state index in [1.807, 2.05) is 35.1 Å². The van der Waals surface area contributed by atoms with Gasteiger partial charge in [0, 0.05) is 24.9 Å². The first-order valence-corrected chi connectivity index (χ1v) is 13.4. The third kappa shape index (κ3) is 6.66. The molecule has 0 aliphatic carbocycles. The number of piperidine rings is 1. The molecule has 3 aromatic rings. The number of benzene rings is 1. The Balaban J connectivity index is 1.38. The second-order valence-corrected chi connectivity index (χ2v) is 11.1. The van der Waals surface area contributed by atoms with Crippen molar-refractivity contribution in [3.8, 4) is 5.75 Å². The Bertz CT molecular complexity index is 1120. The van der Waals surface area contributed by atoms with E-state index in [2.05, 4.69) is 43.0 Å². The van der Waals surface area contributed by atoms with Crippen molar-refractivity contribution in [1.29, 1.82) is 0 Å². The molecule has 1 aromatic carbocycles. The van der Waals surface area contributed by atoms with E-state index in [-0.39, 0.29) is 12.5 Å². The van der Waals surface area contributed by atoms with Crippen molar-refractivity contribution in [2.45, 2.75) is 69.8 Å². The van der Waals surface area contributed by atoms with Gasteiger partial charge in [-0.25, -0.2) is 14.6 Å². The Morgan fingerprint density at radius 2 is 1.83 bits per heavy atom. The van der Waals surface area contributed by atoms with E-state index >= 15 is 0 Å². The normalized spacial score (nSPS) is 14.2. The summed E-state index contributed by atoms with van der Waals surface area (Å²) in [6.45, 7) is 11.6. The summed E-state index contributed by atoms with van der Waals surface area (Å²) in [5.41, 5.74) is 2.06. The molecule has 1 amide bonds. The maximum absolute atomic E-state index is 12.3. The zero-order valence-electron chi connectivity index (χ0n) is 21.2. The van der Waals surface area contributed by atoms with Gasteiger partial charge in [-0.05, 0) is 42.9 Å². The van der Waals surface area contributed by atoms with E-state index in [1.54, 1.807) is 11.8 Å². The van der Waals surface area contributed by atoms with Gasteiger partial charge in [0.2, 0.25) is 0 Å². The molecular formula is C26H36N6O2S. The smallest absolute Gasteiger partial charge is 0.258 e. The summed E-state index contributed by atoms with van der Waals surface area (Å²) in [7, 11) is 0. The Kier molecular flexibility index (Phi) is 8.49. The SMILES string of the molecule is CC(C)Sc1nc(N2CCCCC2)c2cnn(CCNC(=O)COc3ccc(C(C)C)cc3)c2n1. The first-order chi connectivity index (χ1) is 16.9. The van der Waals surface area contributed by atoms with Crippen LogP contribution in [0.15, 0.2) is 35.6 Å². The lowest BCUT2D eigenvalue weighted by molar-refractivity contribution is -0.123. The van der Waals surface area contributed by atoms with Gasteiger partial charge in [-0.3, -0.25) is 4.79 Å². The topological polar surface area (TPSA) is 85.2 Å². The number of thioether (sulfide) groups is 1. The fourth-order valence-electron chi connectivity index (χ4n) is 4.14. The summed E-state index contributed by atoms with van der Waals surface area (Å²) in [6, 6.07) is 7.88. The van der Waals surface area contributed by atoms with Crippen molar-refractivity contribution in [2.75, 3.05) is 31.1 Å². The zero-order chi connectivity index (χ0) is 24.8. The molecule has 1 aliphatic heterocycles. The van der Waals surface area contributed by atoms with Gasteiger partial charge in [-0.1, -0.05) is 51.6 Å². The lowest BCUT2D eigenvalue weighted by atomic mass is 10.0. The lowest BCUT2D eigenvalue weighted by Gasteiger charge is -2.28. The van der Waals surface area contributed by atoms with Crippen molar-refractivity contribution < 1.29 is 9.53 Å². The van der Waals surface area contributed by atoms with Crippen LogP contribution in [0.4, 0.5) is 5.82 Å². The summed E-state index contributed by atoms with van der Waals surface area (Å²) in [6.07, 6.45) is 5.49. The maximum Gasteiger partial charge on any atom is 0.258 e. The van der Waals surface area contributed by atoms with Gasteiger partial charge >= 0.3 is 0 Å². The number of nitrogens with one attached hydrogen (secondary N) is 1. The highest BCUT2D eigenvalue weighted by Crippen LogP contribution is 2.30. The van der Waals surface area contributed by atoms with Crippen molar-refractivity contribution >= 4 is 34.5 Å². The molecule has 1 saturated heterocycles. The van der Waals surface area contributed by atoms with Gasteiger partial charge in [-0.2, -0.15) is 5.10 Å². The molecule has 0 unspecified atom stereocenters. The van der Waals surface area contributed by atoms with Crippen molar-refractivity contribution in [1.82, 2.24) is 25.1 Å². The number of aromatic nitrogens is 4. The summed E-state index contributed by atoms with van der Waals surface area (Å²) >= 11 is 1.66. The summed E-state index contributed by atoms with van der Waals surface area (Å²) in [4.78, 5) is 24.4. The lowest BCUT2D eigenvalue weighted by Crippen LogP contribution is -2.32. The highest BCUT2D eigenvalue weighted by molar-refractivity contribution is 7.99. The van der Waals surface area contributed by atoms with E-state index in [0.29, 0.717) is 30.0 Å². The number of rotatable bonds is 10. The minimum absolute atomic E-state index is 0.0165. The third-order valence-corrected chi connectivity index (χ3v) is 6.88. The Morgan fingerprint density at radius 1 is 1.09 bits per heavy atom. The quantitative estimate of drug-likeness (QED) is 0.323. The standard InChI is InChI=1S/C26H36N6O2S/c1-18(2)20-8-10-21(11-9-20)34-17-23(33)27-12-15-32-25-22(16-28-32)24(31-13-6-5-7-14-31)29-26(30-25)35-19(3)4/h8-11,16,18-19H,5-7,12-15,17H2,1-4H3,(H,27,33). The monoisotopic (exact) mass is 496 g/mol. The fraction of sp³-hybridized carbons (Fsp3) is 0.538. The predicted molar refractivity (Wildman–Crippen MR) is 141 cm³/mol. The minimum atomic E-state index is -0.158. The van der Waals surface area contributed by atoms with E-state index in [9.17, 15) is 4.79 Å². The summed E-state index contributed by atoms with van der Waals surface area (Å²) < 4.78 is 7.49. The molecule has 0 spiro atoms. The number of ether oxygens (including phenoxy) is 1. The molecule has 0 saturated carbocycles. The average Bonchev–Trinajstić information content (AvgIpc) is 3.25. The van der Waals surface area contributed by atoms with Crippen molar-refractivity contribution in [2.24, 2.45) is 0 Å². The van der Waals surface area contributed by atoms with Crippen LogP contribution < -0.4 is 15.0 Å². The van der Waals surface area contributed by atoms with Crippen LogP contribution in [-0.2, 0) is 11.3 Å². The second kappa shape index (κ2) is 11.7. The van der Waals surface area contributed by atoms with Gasteiger partial charge in [-0.15, -0.1) is 0 Å². The summed E-state index contributed by atoms with van der Waals surface area (Å²) in [5.74, 6) is 1.98. The molecule has 0 radical (unpaired) electrons. The van der Waals surface area contributed by atoms with Crippen LogP contribution >= 0.6 is 11.8 Å². The number of amides is 1. The molecule has 1 N–H and O–H groups in total. The van der Waals surface area contributed by atoms with Crippen LogP contribution in [-0.4, -0.2) is 57.1 Å². The van der Waals surface area contributed by atoms with Gasteiger partial charge in [0.05, 0.1) is 18.1 Å². The number of nitrogens with zero attached hydrogens (tertiary/aromatic N) is 5. The highest BCUT2D eigenvalue weighted by atomic mass is 32.2. The number of hydrogen-bond acceptors (Lipinski definition) is 7. The third-order valence-electron chi connectivity index (χ3n) is 6.01. The van der Waals surface area contributed by atoms with Gasteiger partial charge in [0.25, 0.3) is 5.91 Å². The molecule has 1 aliphatic rings. The van der Waals surface area contributed by atoms with Crippen LogP contribution in [0.2, 0.25) is 0 Å². The van der Waals surface area contributed by atoms with E-state index in [0.717, 1.165) is 35.1 Å². The molecule has 0 bridgehead atoms. The molecule has 35 heavy (non-hydrogen) atoms. The number of anilines is 1. The number of carbonyl (C=O) groups is 1. The molecule has 9 heteroatoms. The van der Waals surface area contributed by atoms with Crippen LogP contribution in [0.3, 0.4) is 0 Å². The van der Waals surface area contributed by atoms with Crippen molar-refractivity contribution in [3.63, 3.8) is 0 Å². The van der Waals surface area contributed by atoms with Gasteiger partial charge in [0.1, 0.15) is 11.6 Å². The molecular weight excluding hydrogens is 460 g/mol. The first kappa shape index (κ1) is 25.3. The molecule has 3 heterocycles. The zero-order valence-corrected chi connectivity index (χ0v) is 22.0. The summed E-state index contributed by atoms with van der Waals surface area (Å²) in [5, 5.41) is 9.64. The average molecular weight is 497 g/mol. The maximum atomic E-state index is 12.3. The largest absolute Gasteiger partial charge is 0.484 e. The molecule has 188 valence electrons. The van der Waals surface area contributed by atoms with Crippen LogP contribution in [0, 0.1) is 0 Å². The second-order valence-electron chi connectivity index (χ2n) is 9.51. The van der Waals surface area contributed by atoms with E-state index in [1.165, 1.54) is 24.8 Å². The molecule has 2 aromatic heterocycles. The van der Waals surface area contributed by atoms with Crippen LogP contribution in [0.25, 0.3) is 11.0 Å². The van der Waals surface area contributed by atoms with E-state index < -0.39 is 0 Å². The van der Waals surface area contributed by atoms with Crippen molar-refractivity contribution in [3.05, 3.63) is 36.0 Å². The molecule has 1 fully saturated rings. The van der Waals surface area contributed by atoms with Gasteiger partial charge in [0.15, 0.2) is 17.4 Å². The van der Waals surface area contributed by atoms with Crippen LogP contribution in [0.1, 0.15) is 58.4 Å². The van der Waals surface area contributed by atoms with Crippen LogP contribution in [0.5, 0.6) is 5.75 Å². The molecule has 8 nitrogen and oxygen atoms in total. The first-order valence-electron chi connectivity index (χ1n) is 12.6. The minimum Gasteiger partial charge on any atom is -0.484 e. The number of fused-ring (bicyclic) bond motifs is 1. The number of hydrogen-bond donors (Lipinski definition) is 1. The molecule has 0 atom stereocenters. The molecule has 4 rings (SSSR count). The Hall–Kier alpha value is -2.81. The number of carbonyl (C=O) groups excluding carboxylic acids is 1. The predicted octanol–water partition coefficient (Wildman–Crippen LogP) is 4.64.